The molecule has 0 aliphatic carbocycles. The summed E-state index contributed by atoms with van der Waals surface area (Å²) in [4.78, 5) is 0. The van der Waals surface area contributed by atoms with Crippen molar-refractivity contribution in [1.29, 1.82) is 0 Å². The Morgan fingerprint density at radius 2 is 2.37 bits per heavy atom. The molecule has 0 unspecified atom stereocenters. The predicted molar refractivity (Wildman–Crippen MR) is 83.9 cm³/mol. The highest BCUT2D eigenvalue weighted by molar-refractivity contribution is 9.10. The van der Waals surface area contributed by atoms with Crippen LogP contribution in [0.3, 0.4) is 0 Å². The molecular weight excluding hydrogens is 330 g/mol. The zero-order valence-corrected chi connectivity index (χ0v) is 12.8. The molecule has 0 amide bonds. The molecular formula is C12H14BrN3O2S. The molecule has 5 nitrogen and oxygen atoms in total. The smallest absolute Gasteiger partial charge is 0.184 e. The molecule has 0 atom stereocenters. The van der Waals surface area contributed by atoms with Crippen LogP contribution in [-0.4, -0.2) is 25.0 Å². The predicted octanol–water partition coefficient (Wildman–Crippen LogP) is 2.19. The lowest BCUT2D eigenvalue weighted by Crippen LogP contribution is -2.23. The molecule has 0 radical (unpaired) electrons. The Balaban J connectivity index is 2.98. The fraction of sp³-hybridized carbons (Fsp3) is 0.167. The van der Waals surface area contributed by atoms with Gasteiger partial charge in [-0.3, -0.25) is 5.43 Å². The van der Waals surface area contributed by atoms with Crippen LogP contribution in [0.5, 0.6) is 11.5 Å². The highest BCUT2D eigenvalue weighted by Crippen LogP contribution is 2.36. The highest BCUT2D eigenvalue weighted by atomic mass is 79.9. The lowest BCUT2D eigenvalue weighted by atomic mass is 10.2. The van der Waals surface area contributed by atoms with E-state index in [-0.39, 0.29) is 5.11 Å². The van der Waals surface area contributed by atoms with Crippen molar-refractivity contribution in [2.75, 3.05) is 13.7 Å². The van der Waals surface area contributed by atoms with Crippen LogP contribution in [0.4, 0.5) is 0 Å². The molecule has 0 heterocycles. The molecule has 1 aromatic carbocycles. The number of hydrogen-bond acceptors (Lipinski definition) is 4. The van der Waals surface area contributed by atoms with Gasteiger partial charge in [-0.05, 0) is 45.8 Å². The van der Waals surface area contributed by atoms with Crippen molar-refractivity contribution in [1.82, 2.24) is 5.43 Å². The van der Waals surface area contributed by atoms with Gasteiger partial charge >= 0.3 is 0 Å². The topological polar surface area (TPSA) is 68.9 Å². The number of methoxy groups -OCH3 is 1. The van der Waals surface area contributed by atoms with Crippen molar-refractivity contribution in [2.45, 2.75) is 0 Å². The van der Waals surface area contributed by atoms with Crippen LogP contribution in [0.1, 0.15) is 5.56 Å². The van der Waals surface area contributed by atoms with E-state index >= 15 is 0 Å². The highest BCUT2D eigenvalue weighted by Gasteiger charge is 2.10. The number of hydrazone groups is 1. The van der Waals surface area contributed by atoms with Gasteiger partial charge in [0, 0.05) is 0 Å². The van der Waals surface area contributed by atoms with E-state index in [1.54, 1.807) is 25.5 Å². The third-order valence-electron chi connectivity index (χ3n) is 1.99. The fourth-order valence-electron chi connectivity index (χ4n) is 1.27. The number of rotatable bonds is 6. The van der Waals surface area contributed by atoms with Crippen LogP contribution in [-0.2, 0) is 0 Å². The molecule has 0 bridgehead atoms. The Hall–Kier alpha value is -1.60. The summed E-state index contributed by atoms with van der Waals surface area (Å²) >= 11 is 8.06. The monoisotopic (exact) mass is 343 g/mol. The maximum Gasteiger partial charge on any atom is 0.184 e. The normalized spacial score (nSPS) is 10.2. The second-order valence-corrected chi connectivity index (χ2v) is 4.66. The van der Waals surface area contributed by atoms with Crippen molar-refractivity contribution in [2.24, 2.45) is 10.8 Å². The minimum Gasteiger partial charge on any atom is -0.493 e. The summed E-state index contributed by atoms with van der Waals surface area (Å²) in [6.07, 6.45) is 3.23. The summed E-state index contributed by atoms with van der Waals surface area (Å²) in [6.45, 7) is 4.00. The first-order valence-corrected chi connectivity index (χ1v) is 6.48. The van der Waals surface area contributed by atoms with Gasteiger partial charge in [0.25, 0.3) is 0 Å². The van der Waals surface area contributed by atoms with Crippen LogP contribution in [0, 0.1) is 0 Å². The van der Waals surface area contributed by atoms with Gasteiger partial charge in [0.1, 0.15) is 6.61 Å². The van der Waals surface area contributed by atoms with Crippen LogP contribution < -0.4 is 20.6 Å². The zero-order chi connectivity index (χ0) is 14.3. The maximum atomic E-state index is 5.51. The quantitative estimate of drug-likeness (QED) is 0.358. The fourth-order valence-corrected chi connectivity index (χ4v) is 1.89. The molecule has 0 aliphatic rings. The summed E-state index contributed by atoms with van der Waals surface area (Å²) in [5.74, 6) is 1.20. The SMILES string of the molecule is C=CCOc1c(Br)cc(/C=N\NC(N)=S)cc1OC. The third kappa shape index (κ3) is 4.88. The number of benzene rings is 1. The number of nitrogens with two attached hydrogens (primary N) is 1. The van der Waals surface area contributed by atoms with Gasteiger partial charge in [-0.25, -0.2) is 0 Å². The average Bonchev–Trinajstić information content (AvgIpc) is 2.36. The lowest BCUT2D eigenvalue weighted by Gasteiger charge is -2.12. The lowest BCUT2D eigenvalue weighted by molar-refractivity contribution is 0.324. The summed E-state index contributed by atoms with van der Waals surface area (Å²) in [5.41, 5.74) is 8.55. The molecule has 0 aromatic heterocycles. The van der Waals surface area contributed by atoms with Gasteiger partial charge in [-0.15, -0.1) is 0 Å². The number of hydrogen-bond donors (Lipinski definition) is 2. The minimum absolute atomic E-state index is 0.105. The zero-order valence-electron chi connectivity index (χ0n) is 10.4. The summed E-state index contributed by atoms with van der Waals surface area (Å²) < 4.78 is 11.5. The Kier molecular flexibility index (Phi) is 6.31. The molecule has 19 heavy (non-hydrogen) atoms. The summed E-state index contributed by atoms with van der Waals surface area (Å²) in [7, 11) is 1.57. The Morgan fingerprint density at radius 1 is 1.63 bits per heavy atom. The van der Waals surface area contributed by atoms with Crippen LogP contribution in [0.2, 0.25) is 0 Å². The molecule has 1 rings (SSSR count). The summed E-state index contributed by atoms with van der Waals surface area (Å²) in [5, 5.41) is 3.98. The van der Waals surface area contributed by atoms with Crippen LogP contribution in [0.15, 0.2) is 34.4 Å². The molecule has 0 saturated carbocycles. The van der Waals surface area contributed by atoms with Gasteiger partial charge in [-0.1, -0.05) is 12.7 Å². The molecule has 102 valence electrons. The van der Waals surface area contributed by atoms with Crippen molar-refractivity contribution in [3.05, 3.63) is 34.8 Å². The van der Waals surface area contributed by atoms with Crippen molar-refractivity contribution >= 4 is 39.5 Å². The number of ether oxygens (including phenoxy) is 2. The van der Waals surface area contributed by atoms with Crippen LogP contribution >= 0.6 is 28.1 Å². The standard InChI is InChI=1S/C12H14BrN3O2S/c1-3-4-18-11-9(13)5-8(6-10(11)17-2)7-15-16-12(14)19/h3,5-7H,1,4H2,2H3,(H3,14,16,19)/b15-7-. The van der Waals surface area contributed by atoms with Gasteiger partial charge in [0.2, 0.25) is 0 Å². The Bertz CT molecular complexity index is 506. The molecule has 0 aliphatic heterocycles. The van der Waals surface area contributed by atoms with E-state index in [1.165, 1.54) is 0 Å². The number of nitrogens with zero attached hydrogens (tertiary/aromatic N) is 1. The molecule has 0 fully saturated rings. The van der Waals surface area contributed by atoms with Crippen molar-refractivity contribution in [3.8, 4) is 11.5 Å². The van der Waals surface area contributed by atoms with E-state index in [0.29, 0.717) is 18.1 Å². The number of thiocarbonyl (C=S) groups is 1. The average molecular weight is 344 g/mol. The van der Waals surface area contributed by atoms with Crippen molar-refractivity contribution in [3.63, 3.8) is 0 Å². The van der Waals surface area contributed by atoms with E-state index in [1.807, 2.05) is 6.07 Å². The van der Waals surface area contributed by atoms with Gasteiger partial charge in [0.15, 0.2) is 16.6 Å². The van der Waals surface area contributed by atoms with Crippen LogP contribution in [0.25, 0.3) is 0 Å². The molecule has 0 saturated heterocycles. The second kappa shape index (κ2) is 7.75. The van der Waals surface area contributed by atoms with Gasteiger partial charge in [0.05, 0.1) is 17.8 Å². The van der Waals surface area contributed by atoms with E-state index in [4.69, 9.17) is 15.2 Å². The van der Waals surface area contributed by atoms with Gasteiger partial charge in [-0.2, -0.15) is 5.10 Å². The molecule has 3 N–H and O–H groups in total. The first-order chi connectivity index (χ1) is 9.08. The Labute approximate surface area is 125 Å². The number of nitrogens with one attached hydrogen (secondary N) is 1. The van der Waals surface area contributed by atoms with Gasteiger partial charge < -0.3 is 15.2 Å². The first-order valence-electron chi connectivity index (χ1n) is 5.28. The van der Waals surface area contributed by atoms with E-state index in [9.17, 15) is 0 Å². The van der Waals surface area contributed by atoms with Crippen molar-refractivity contribution < 1.29 is 9.47 Å². The second-order valence-electron chi connectivity index (χ2n) is 3.37. The summed E-state index contributed by atoms with van der Waals surface area (Å²) in [6, 6.07) is 3.62. The van der Waals surface area contributed by atoms with E-state index in [0.717, 1.165) is 10.0 Å². The molecule has 0 spiro atoms. The third-order valence-corrected chi connectivity index (χ3v) is 2.67. The van der Waals surface area contributed by atoms with E-state index in [2.05, 4.69) is 45.3 Å². The molecule has 1 aromatic rings. The molecule has 7 heteroatoms. The minimum atomic E-state index is 0.105. The first kappa shape index (κ1) is 15.5. The number of halogens is 1. The Morgan fingerprint density at radius 3 is 2.95 bits per heavy atom. The van der Waals surface area contributed by atoms with E-state index < -0.39 is 0 Å². The maximum absolute atomic E-state index is 5.51. The largest absolute Gasteiger partial charge is 0.493 e.